The maximum atomic E-state index is 5.49. The lowest BCUT2D eigenvalue weighted by Crippen LogP contribution is -1.99. The average molecular weight is 287 g/mol. The summed E-state index contributed by atoms with van der Waals surface area (Å²) in [5.41, 5.74) is 7.36. The van der Waals surface area contributed by atoms with E-state index in [0.29, 0.717) is 6.54 Å². The number of hydrogen-bond donors (Lipinski definition) is 1. The van der Waals surface area contributed by atoms with Crippen LogP contribution in [0.3, 0.4) is 0 Å². The van der Waals surface area contributed by atoms with Crippen molar-refractivity contribution in [3.8, 4) is 12.3 Å². The Kier molecular flexibility index (Phi) is 3.93. The number of hydrogen-bond acceptors (Lipinski definition) is 2. The molecule has 1 N–H and O–H groups in total. The van der Waals surface area contributed by atoms with E-state index in [1.807, 2.05) is 48.7 Å². The number of benzene rings is 2. The monoisotopic (exact) mass is 287 g/mol. The van der Waals surface area contributed by atoms with E-state index in [9.17, 15) is 0 Å². The molecule has 3 nitrogen and oxygen atoms in total. The predicted molar refractivity (Wildman–Crippen MR) is 93.2 cm³/mol. The summed E-state index contributed by atoms with van der Waals surface area (Å²) in [4.78, 5) is 0. The minimum atomic E-state index is 0.562. The molecule has 22 heavy (non-hydrogen) atoms. The zero-order chi connectivity index (χ0) is 15.4. The van der Waals surface area contributed by atoms with Gasteiger partial charge in [-0.05, 0) is 25.1 Å². The first-order chi connectivity index (χ1) is 10.8. The Morgan fingerprint density at radius 1 is 1.14 bits per heavy atom. The number of nitrogens with zero attached hydrogens (tertiary/aromatic N) is 2. The van der Waals surface area contributed by atoms with Crippen LogP contribution in [0.4, 0.5) is 5.69 Å². The molecule has 1 heterocycles. The Bertz CT molecular complexity index is 852. The molecule has 1 aromatic heterocycles. The van der Waals surface area contributed by atoms with Gasteiger partial charge in [0.05, 0.1) is 18.4 Å². The van der Waals surface area contributed by atoms with Gasteiger partial charge in [0.25, 0.3) is 0 Å². The number of anilines is 1. The fourth-order valence-electron chi connectivity index (χ4n) is 2.60. The van der Waals surface area contributed by atoms with Gasteiger partial charge in [-0.15, -0.1) is 6.42 Å². The molecule has 0 bridgehead atoms. The fraction of sp³-hybridized carbons (Fsp3) is 0.105. The predicted octanol–water partition coefficient (Wildman–Crippen LogP) is 4.03. The van der Waals surface area contributed by atoms with Crippen LogP contribution >= 0.6 is 0 Å². The molecule has 0 aliphatic carbocycles. The highest BCUT2D eigenvalue weighted by Gasteiger charge is 2.11. The second-order valence-electron chi connectivity index (χ2n) is 5.04. The zero-order valence-corrected chi connectivity index (χ0v) is 12.5. The molecular weight excluding hydrogens is 270 g/mol. The normalized spacial score (nSPS) is 10.9. The van der Waals surface area contributed by atoms with Gasteiger partial charge in [-0.3, -0.25) is 5.43 Å². The maximum absolute atomic E-state index is 5.49. The number of para-hydroxylation sites is 2. The number of aromatic nitrogens is 1. The van der Waals surface area contributed by atoms with Crippen LogP contribution in [0.1, 0.15) is 11.3 Å². The average Bonchev–Trinajstić information content (AvgIpc) is 2.82. The molecule has 3 heteroatoms. The lowest BCUT2D eigenvalue weighted by molar-refractivity contribution is 0.846. The van der Waals surface area contributed by atoms with Crippen LogP contribution < -0.4 is 5.43 Å². The molecule has 0 atom stereocenters. The van der Waals surface area contributed by atoms with E-state index in [2.05, 4.69) is 40.1 Å². The number of terminal acetylenes is 1. The number of hydrazone groups is 1. The fourth-order valence-corrected chi connectivity index (χ4v) is 2.60. The third-order valence-corrected chi connectivity index (χ3v) is 3.69. The lowest BCUT2D eigenvalue weighted by Gasteiger charge is -2.02. The van der Waals surface area contributed by atoms with Gasteiger partial charge in [-0.1, -0.05) is 42.3 Å². The van der Waals surface area contributed by atoms with Crippen LogP contribution in [0.15, 0.2) is 59.7 Å². The molecule has 3 aromatic rings. The summed E-state index contributed by atoms with van der Waals surface area (Å²) in [6.45, 7) is 2.63. The number of rotatable bonds is 4. The van der Waals surface area contributed by atoms with Crippen LogP contribution in [-0.2, 0) is 6.54 Å². The lowest BCUT2D eigenvalue weighted by atomic mass is 10.1. The molecule has 0 spiro atoms. The summed E-state index contributed by atoms with van der Waals surface area (Å²) >= 11 is 0. The highest BCUT2D eigenvalue weighted by molar-refractivity contribution is 6.01. The Hall–Kier alpha value is -2.99. The van der Waals surface area contributed by atoms with Gasteiger partial charge in [-0.2, -0.15) is 5.10 Å². The zero-order valence-electron chi connectivity index (χ0n) is 12.5. The maximum Gasteiger partial charge on any atom is 0.0837 e. The minimum Gasteiger partial charge on any atom is -0.333 e. The molecule has 0 fully saturated rings. The van der Waals surface area contributed by atoms with E-state index in [4.69, 9.17) is 6.42 Å². The SMILES string of the molecule is C#CCn1c(C)c(/C=N\Nc2ccccc2)c2ccccc21. The molecule has 0 unspecified atom stereocenters. The van der Waals surface area contributed by atoms with E-state index in [-0.39, 0.29) is 0 Å². The molecule has 0 radical (unpaired) electrons. The summed E-state index contributed by atoms with van der Waals surface area (Å²) in [6, 6.07) is 18.1. The van der Waals surface area contributed by atoms with Crippen molar-refractivity contribution in [3.05, 3.63) is 65.9 Å². The Morgan fingerprint density at radius 2 is 1.86 bits per heavy atom. The number of fused-ring (bicyclic) bond motifs is 1. The van der Waals surface area contributed by atoms with Gasteiger partial charge in [0, 0.05) is 22.2 Å². The molecule has 2 aromatic carbocycles. The van der Waals surface area contributed by atoms with Gasteiger partial charge in [0.1, 0.15) is 0 Å². The summed E-state index contributed by atoms with van der Waals surface area (Å²) < 4.78 is 2.14. The smallest absolute Gasteiger partial charge is 0.0837 e. The van der Waals surface area contributed by atoms with Gasteiger partial charge in [0.15, 0.2) is 0 Å². The Morgan fingerprint density at radius 3 is 2.64 bits per heavy atom. The van der Waals surface area contributed by atoms with Gasteiger partial charge in [0.2, 0.25) is 0 Å². The quantitative estimate of drug-likeness (QED) is 0.438. The highest BCUT2D eigenvalue weighted by atomic mass is 15.3. The van der Waals surface area contributed by atoms with Gasteiger partial charge < -0.3 is 4.57 Å². The van der Waals surface area contributed by atoms with Crippen molar-refractivity contribution in [2.45, 2.75) is 13.5 Å². The van der Waals surface area contributed by atoms with Crippen molar-refractivity contribution in [1.82, 2.24) is 4.57 Å². The van der Waals surface area contributed by atoms with Crippen molar-refractivity contribution in [1.29, 1.82) is 0 Å². The first kappa shape index (κ1) is 14.0. The molecule has 0 aliphatic heterocycles. The second-order valence-corrected chi connectivity index (χ2v) is 5.04. The van der Waals surface area contributed by atoms with Gasteiger partial charge >= 0.3 is 0 Å². The molecule has 0 saturated heterocycles. The molecule has 0 aliphatic rings. The summed E-state index contributed by atoms with van der Waals surface area (Å²) in [5, 5.41) is 5.52. The molecular formula is C19H17N3. The standard InChI is InChI=1S/C19H17N3/c1-3-13-22-15(2)18(17-11-7-8-12-19(17)22)14-20-21-16-9-5-4-6-10-16/h1,4-12,14,21H,13H2,2H3/b20-14-. The Labute approximate surface area is 130 Å². The molecule has 0 saturated carbocycles. The topological polar surface area (TPSA) is 29.3 Å². The molecule has 3 rings (SSSR count). The Balaban J connectivity index is 1.97. The molecule has 108 valence electrons. The first-order valence-electron chi connectivity index (χ1n) is 7.16. The van der Waals surface area contributed by atoms with Crippen LogP contribution in [0.5, 0.6) is 0 Å². The highest BCUT2D eigenvalue weighted by Crippen LogP contribution is 2.24. The van der Waals surface area contributed by atoms with Gasteiger partial charge in [-0.25, -0.2) is 0 Å². The van der Waals surface area contributed by atoms with Crippen molar-refractivity contribution in [2.24, 2.45) is 5.10 Å². The van der Waals surface area contributed by atoms with E-state index >= 15 is 0 Å². The van der Waals surface area contributed by atoms with Crippen LogP contribution in [0.25, 0.3) is 10.9 Å². The summed E-state index contributed by atoms with van der Waals surface area (Å²) in [5.74, 6) is 2.72. The molecule has 0 amide bonds. The third-order valence-electron chi connectivity index (χ3n) is 3.69. The minimum absolute atomic E-state index is 0.562. The first-order valence-corrected chi connectivity index (χ1v) is 7.16. The third kappa shape index (κ3) is 2.59. The van der Waals surface area contributed by atoms with Crippen molar-refractivity contribution in [2.75, 3.05) is 5.43 Å². The van der Waals surface area contributed by atoms with E-state index in [1.165, 1.54) is 0 Å². The summed E-state index contributed by atoms with van der Waals surface area (Å²) in [6.07, 6.45) is 7.35. The van der Waals surface area contributed by atoms with Crippen LogP contribution in [0, 0.1) is 19.3 Å². The van der Waals surface area contributed by atoms with E-state index in [1.54, 1.807) is 0 Å². The van der Waals surface area contributed by atoms with Crippen molar-refractivity contribution in [3.63, 3.8) is 0 Å². The van der Waals surface area contributed by atoms with E-state index in [0.717, 1.165) is 27.8 Å². The van der Waals surface area contributed by atoms with Crippen molar-refractivity contribution >= 4 is 22.8 Å². The van der Waals surface area contributed by atoms with Crippen LogP contribution in [-0.4, -0.2) is 10.8 Å². The number of nitrogens with one attached hydrogen (secondary N) is 1. The van der Waals surface area contributed by atoms with Crippen LogP contribution in [0.2, 0.25) is 0 Å². The second kappa shape index (κ2) is 6.19. The van der Waals surface area contributed by atoms with Crippen molar-refractivity contribution < 1.29 is 0 Å². The summed E-state index contributed by atoms with van der Waals surface area (Å²) in [7, 11) is 0. The largest absolute Gasteiger partial charge is 0.333 e. The van der Waals surface area contributed by atoms with E-state index < -0.39 is 0 Å².